The Hall–Kier alpha value is 0.0700. The van der Waals surface area contributed by atoms with Gasteiger partial charge < -0.3 is 10.2 Å². The highest BCUT2D eigenvalue weighted by molar-refractivity contribution is 7.84. The maximum Gasteiger partial charge on any atom is 0.0444 e. The standard InChI is InChI=1S/C12H26N2OS/c1-4-12-6-9-14(8-5-7-13-12)10-11(2)16(3)15/h11-13H,4-10H2,1-3H3. The van der Waals surface area contributed by atoms with Gasteiger partial charge in [0.1, 0.15) is 0 Å². The molecule has 1 fully saturated rings. The minimum atomic E-state index is -0.690. The molecule has 16 heavy (non-hydrogen) atoms. The summed E-state index contributed by atoms with van der Waals surface area (Å²) < 4.78 is 11.4. The van der Waals surface area contributed by atoms with Crippen LogP contribution in [0.15, 0.2) is 0 Å². The number of hydrogen-bond acceptors (Lipinski definition) is 3. The molecule has 0 saturated carbocycles. The average Bonchev–Trinajstić information content (AvgIpc) is 2.22. The predicted octanol–water partition coefficient (Wildman–Crippen LogP) is 1.22. The third-order valence-electron chi connectivity index (χ3n) is 3.45. The zero-order valence-corrected chi connectivity index (χ0v) is 11.7. The topological polar surface area (TPSA) is 32.3 Å². The van der Waals surface area contributed by atoms with Crippen molar-refractivity contribution < 1.29 is 4.21 Å². The number of rotatable bonds is 4. The van der Waals surface area contributed by atoms with E-state index in [0.29, 0.717) is 11.3 Å². The quantitative estimate of drug-likeness (QED) is 0.809. The van der Waals surface area contributed by atoms with E-state index < -0.39 is 10.8 Å². The van der Waals surface area contributed by atoms with Crippen molar-refractivity contribution in [2.75, 3.05) is 32.4 Å². The maximum absolute atomic E-state index is 11.4. The summed E-state index contributed by atoms with van der Waals surface area (Å²) in [6, 6.07) is 0.672. The van der Waals surface area contributed by atoms with Gasteiger partial charge in [-0.15, -0.1) is 0 Å². The summed E-state index contributed by atoms with van der Waals surface area (Å²) in [6.45, 7) is 8.73. The fourth-order valence-electron chi connectivity index (χ4n) is 2.16. The van der Waals surface area contributed by atoms with Crippen LogP contribution in [0, 0.1) is 0 Å². The Labute approximate surface area is 102 Å². The lowest BCUT2D eigenvalue weighted by Crippen LogP contribution is -2.42. The predicted molar refractivity (Wildman–Crippen MR) is 71.3 cm³/mol. The van der Waals surface area contributed by atoms with E-state index in [1.807, 2.05) is 6.26 Å². The number of hydrogen-bond donors (Lipinski definition) is 1. The number of nitrogens with zero attached hydrogens (tertiary/aromatic N) is 1. The van der Waals surface area contributed by atoms with Crippen molar-refractivity contribution in [2.24, 2.45) is 0 Å². The molecule has 0 radical (unpaired) electrons. The van der Waals surface area contributed by atoms with Gasteiger partial charge in [-0.3, -0.25) is 4.21 Å². The normalized spacial score (nSPS) is 28.1. The van der Waals surface area contributed by atoms with Crippen LogP contribution in [0.1, 0.15) is 33.1 Å². The first-order valence-corrected chi connectivity index (χ1v) is 8.03. The second kappa shape index (κ2) is 7.41. The highest BCUT2D eigenvalue weighted by Gasteiger charge is 2.16. The summed E-state index contributed by atoms with van der Waals surface area (Å²) in [5.41, 5.74) is 0. The molecular weight excluding hydrogens is 220 g/mol. The van der Waals surface area contributed by atoms with Crippen LogP contribution in [0.2, 0.25) is 0 Å². The number of nitrogens with one attached hydrogen (secondary N) is 1. The van der Waals surface area contributed by atoms with E-state index in [0.717, 1.165) is 26.2 Å². The molecule has 0 spiro atoms. The lowest BCUT2D eigenvalue weighted by Gasteiger charge is -2.30. The van der Waals surface area contributed by atoms with Gasteiger partial charge in [0.05, 0.1) is 0 Å². The molecule has 1 aliphatic rings. The van der Waals surface area contributed by atoms with Crippen molar-refractivity contribution in [3.05, 3.63) is 0 Å². The molecule has 1 aliphatic heterocycles. The van der Waals surface area contributed by atoms with Crippen LogP contribution in [0.25, 0.3) is 0 Å². The Bertz CT molecular complexity index is 223. The molecule has 0 bridgehead atoms. The smallest absolute Gasteiger partial charge is 0.0444 e. The van der Waals surface area contributed by atoms with Crippen LogP contribution in [-0.2, 0) is 10.8 Å². The Morgan fingerprint density at radius 3 is 2.88 bits per heavy atom. The lowest BCUT2D eigenvalue weighted by atomic mass is 10.1. The van der Waals surface area contributed by atoms with E-state index in [1.165, 1.54) is 19.3 Å². The summed E-state index contributed by atoms with van der Waals surface area (Å²) >= 11 is 0. The second-order valence-corrected chi connectivity index (χ2v) is 6.61. The van der Waals surface area contributed by atoms with Gasteiger partial charge in [0, 0.05) is 34.9 Å². The third-order valence-corrected chi connectivity index (χ3v) is 4.74. The van der Waals surface area contributed by atoms with Gasteiger partial charge in [-0.2, -0.15) is 0 Å². The summed E-state index contributed by atoms with van der Waals surface area (Å²) in [6.07, 6.45) is 5.45. The molecule has 1 rings (SSSR count). The molecule has 3 atom stereocenters. The van der Waals surface area contributed by atoms with E-state index in [2.05, 4.69) is 24.1 Å². The fraction of sp³-hybridized carbons (Fsp3) is 1.00. The molecule has 3 unspecified atom stereocenters. The van der Waals surface area contributed by atoms with Crippen LogP contribution in [0.5, 0.6) is 0 Å². The van der Waals surface area contributed by atoms with Crippen molar-refractivity contribution in [2.45, 2.75) is 44.4 Å². The lowest BCUT2D eigenvalue weighted by molar-refractivity contribution is 0.233. The molecule has 0 aromatic rings. The zero-order valence-electron chi connectivity index (χ0n) is 10.9. The van der Waals surface area contributed by atoms with E-state index >= 15 is 0 Å². The van der Waals surface area contributed by atoms with Crippen LogP contribution in [0.4, 0.5) is 0 Å². The molecule has 0 amide bonds. The van der Waals surface area contributed by atoms with E-state index in [9.17, 15) is 4.21 Å². The molecule has 4 heteroatoms. The highest BCUT2D eigenvalue weighted by Crippen LogP contribution is 2.07. The van der Waals surface area contributed by atoms with Gasteiger partial charge in [0.15, 0.2) is 0 Å². The van der Waals surface area contributed by atoms with Crippen LogP contribution in [0.3, 0.4) is 0 Å². The van der Waals surface area contributed by atoms with Crippen molar-refractivity contribution in [1.82, 2.24) is 10.2 Å². The van der Waals surface area contributed by atoms with E-state index in [-0.39, 0.29) is 0 Å². The highest BCUT2D eigenvalue weighted by atomic mass is 32.2. The van der Waals surface area contributed by atoms with Crippen LogP contribution in [-0.4, -0.2) is 52.8 Å². The Kier molecular flexibility index (Phi) is 6.54. The molecule has 1 saturated heterocycles. The first-order valence-electron chi connectivity index (χ1n) is 6.41. The van der Waals surface area contributed by atoms with Gasteiger partial charge in [-0.05, 0) is 45.8 Å². The molecule has 0 aliphatic carbocycles. The summed E-state index contributed by atoms with van der Waals surface area (Å²) in [7, 11) is -0.690. The molecule has 3 nitrogen and oxygen atoms in total. The minimum absolute atomic E-state index is 0.299. The molecule has 1 heterocycles. The van der Waals surface area contributed by atoms with Crippen molar-refractivity contribution >= 4 is 10.8 Å². The maximum atomic E-state index is 11.4. The van der Waals surface area contributed by atoms with Crippen LogP contribution >= 0.6 is 0 Å². The van der Waals surface area contributed by atoms with Gasteiger partial charge in [-0.1, -0.05) is 6.92 Å². The summed E-state index contributed by atoms with van der Waals surface area (Å²) in [4.78, 5) is 2.48. The van der Waals surface area contributed by atoms with E-state index in [4.69, 9.17) is 0 Å². The first-order chi connectivity index (χ1) is 7.63. The first kappa shape index (κ1) is 14.1. The van der Waals surface area contributed by atoms with E-state index in [1.54, 1.807) is 0 Å². The molecular formula is C12H26N2OS. The Balaban J connectivity index is 2.37. The van der Waals surface area contributed by atoms with Gasteiger partial charge in [0.25, 0.3) is 0 Å². The SMILES string of the molecule is CCC1CCN(CC(C)S(C)=O)CCCN1. The average molecular weight is 246 g/mol. The molecule has 96 valence electrons. The summed E-state index contributed by atoms with van der Waals surface area (Å²) in [5.74, 6) is 0. The summed E-state index contributed by atoms with van der Waals surface area (Å²) in [5, 5.41) is 3.88. The zero-order chi connectivity index (χ0) is 12.0. The largest absolute Gasteiger partial charge is 0.314 e. The minimum Gasteiger partial charge on any atom is -0.314 e. The van der Waals surface area contributed by atoms with Gasteiger partial charge in [-0.25, -0.2) is 0 Å². The van der Waals surface area contributed by atoms with Crippen molar-refractivity contribution in [1.29, 1.82) is 0 Å². The fourth-order valence-corrected chi connectivity index (χ4v) is 2.58. The third kappa shape index (κ3) is 4.93. The van der Waals surface area contributed by atoms with Gasteiger partial charge >= 0.3 is 0 Å². The second-order valence-electron chi connectivity index (χ2n) is 4.81. The molecule has 0 aromatic carbocycles. The Morgan fingerprint density at radius 2 is 2.25 bits per heavy atom. The van der Waals surface area contributed by atoms with Crippen LogP contribution < -0.4 is 5.32 Å². The monoisotopic (exact) mass is 246 g/mol. The van der Waals surface area contributed by atoms with Gasteiger partial charge in [0.2, 0.25) is 0 Å². The van der Waals surface area contributed by atoms with Crippen molar-refractivity contribution in [3.8, 4) is 0 Å². The Morgan fingerprint density at radius 1 is 1.50 bits per heavy atom. The molecule has 0 aromatic heterocycles. The molecule has 1 N–H and O–H groups in total. The van der Waals surface area contributed by atoms with Crippen molar-refractivity contribution in [3.63, 3.8) is 0 Å².